The van der Waals surface area contributed by atoms with Crippen molar-refractivity contribution in [1.82, 2.24) is 0 Å². The number of esters is 1. The molecule has 2 aromatic carbocycles. The maximum atomic E-state index is 12.9. The lowest BCUT2D eigenvalue weighted by Gasteiger charge is -2.47. The number of aliphatic hydroxyl groups excluding tert-OH is 1. The summed E-state index contributed by atoms with van der Waals surface area (Å²) in [5, 5.41) is 9.83. The van der Waals surface area contributed by atoms with E-state index in [0.717, 1.165) is 35.4 Å². The van der Waals surface area contributed by atoms with E-state index in [4.69, 9.17) is 4.74 Å². The predicted octanol–water partition coefficient (Wildman–Crippen LogP) is 5.62. The number of rotatable bonds is 10. The number of ether oxygens (including phenoxy) is 1. The van der Waals surface area contributed by atoms with Crippen molar-refractivity contribution in [2.24, 2.45) is 5.92 Å². The lowest BCUT2D eigenvalue weighted by Crippen LogP contribution is -2.58. The molecule has 2 aliphatic rings. The van der Waals surface area contributed by atoms with Gasteiger partial charge < -0.3 is 14.3 Å². The Morgan fingerprint density at radius 1 is 0.971 bits per heavy atom. The van der Waals surface area contributed by atoms with Crippen LogP contribution in [0, 0.1) is 5.92 Å². The highest BCUT2D eigenvalue weighted by molar-refractivity contribution is 5.78. The van der Waals surface area contributed by atoms with Crippen LogP contribution in [0.3, 0.4) is 0 Å². The molecule has 4 nitrogen and oxygen atoms in total. The van der Waals surface area contributed by atoms with Gasteiger partial charge in [-0.1, -0.05) is 81.3 Å². The Bertz CT molecular complexity index is 908. The highest BCUT2D eigenvalue weighted by atomic mass is 16.5. The molecule has 34 heavy (non-hydrogen) atoms. The molecule has 184 valence electrons. The fraction of sp³-hybridized carbons (Fsp3) is 0.567. The number of piperidine rings is 1. The van der Waals surface area contributed by atoms with E-state index in [1.165, 1.54) is 43.2 Å². The van der Waals surface area contributed by atoms with Crippen LogP contribution in [-0.4, -0.2) is 47.4 Å². The van der Waals surface area contributed by atoms with Crippen LogP contribution >= 0.6 is 0 Å². The van der Waals surface area contributed by atoms with Crippen molar-refractivity contribution in [2.45, 2.75) is 89.4 Å². The maximum absolute atomic E-state index is 12.9. The van der Waals surface area contributed by atoms with Gasteiger partial charge in [-0.05, 0) is 23.5 Å². The number of quaternary nitrogens is 1. The van der Waals surface area contributed by atoms with Crippen LogP contribution in [0.4, 0.5) is 0 Å². The standard InChI is InChI=1S/C30H42NO3/c1-4-22(5-2)17-23-11-13-24(14-12-23)20-31(3)26-15-16-27(31)19-28(18-26)34-30(33)29(21-32)25-9-7-6-8-10-25/h6-14,22,26-29,32H,4-5,15-21H2,1-3H3/q+1. The van der Waals surface area contributed by atoms with Gasteiger partial charge >= 0.3 is 5.97 Å². The number of nitrogens with zero attached hydrogens (tertiary/aromatic N) is 1. The number of hydrogen-bond acceptors (Lipinski definition) is 3. The monoisotopic (exact) mass is 464 g/mol. The Morgan fingerprint density at radius 3 is 2.12 bits per heavy atom. The van der Waals surface area contributed by atoms with Gasteiger partial charge in [0.2, 0.25) is 0 Å². The minimum Gasteiger partial charge on any atom is -0.461 e. The summed E-state index contributed by atoms with van der Waals surface area (Å²) in [4.78, 5) is 12.9. The average molecular weight is 465 g/mol. The van der Waals surface area contributed by atoms with Crippen LogP contribution in [0.2, 0.25) is 0 Å². The summed E-state index contributed by atoms with van der Waals surface area (Å²) in [5.74, 6) is -0.109. The van der Waals surface area contributed by atoms with E-state index in [2.05, 4.69) is 45.2 Å². The Labute approximate surface area is 205 Å². The fourth-order valence-electron chi connectivity index (χ4n) is 6.38. The molecule has 3 unspecified atom stereocenters. The third-order valence-corrected chi connectivity index (χ3v) is 8.75. The molecule has 2 aliphatic heterocycles. The highest BCUT2D eigenvalue weighted by Crippen LogP contribution is 2.43. The summed E-state index contributed by atoms with van der Waals surface area (Å²) in [6.45, 7) is 5.40. The summed E-state index contributed by atoms with van der Waals surface area (Å²) >= 11 is 0. The number of carbonyl (C=O) groups is 1. The van der Waals surface area contributed by atoms with Crippen LogP contribution in [0.5, 0.6) is 0 Å². The van der Waals surface area contributed by atoms with E-state index < -0.39 is 5.92 Å². The van der Waals surface area contributed by atoms with Crippen LogP contribution in [0.25, 0.3) is 0 Å². The molecular formula is C30H42NO3+. The second-order valence-electron chi connectivity index (χ2n) is 10.8. The Balaban J connectivity index is 1.37. The number of fused-ring (bicyclic) bond motifs is 2. The molecular weight excluding hydrogens is 422 g/mol. The van der Waals surface area contributed by atoms with Crippen LogP contribution < -0.4 is 0 Å². The minimum absolute atomic E-state index is 0.0450. The van der Waals surface area contributed by atoms with Gasteiger partial charge in [-0.3, -0.25) is 4.79 Å². The molecule has 0 spiro atoms. The van der Waals surface area contributed by atoms with Gasteiger partial charge in [0.15, 0.2) is 0 Å². The quantitative estimate of drug-likeness (QED) is 0.366. The summed E-state index contributed by atoms with van der Waals surface area (Å²) in [7, 11) is 2.40. The Hall–Kier alpha value is -2.17. The number of carbonyl (C=O) groups excluding carboxylic acids is 1. The van der Waals surface area contributed by atoms with E-state index in [1.54, 1.807) is 0 Å². The van der Waals surface area contributed by atoms with Gasteiger partial charge in [0.1, 0.15) is 18.6 Å². The average Bonchev–Trinajstić information content (AvgIpc) is 3.00. The summed E-state index contributed by atoms with van der Waals surface area (Å²) < 4.78 is 7.05. The number of hydrogen-bond donors (Lipinski definition) is 1. The zero-order valence-corrected chi connectivity index (χ0v) is 21.2. The predicted molar refractivity (Wildman–Crippen MR) is 136 cm³/mol. The molecule has 2 fully saturated rings. The largest absolute Gasteiger partial charge is 0.461 e. The van der Waals surface area contributed by atoms with Crippen molar-refractivity contribution in [3.8, 4) is 0 Å². The first-order valence-corrected chi connectivity index (χ1v) is 13.3. The van der Waals surface area contributed by atoms with Crippen molar-refractivity contribution in [3.63, 3.8) is 0 Å². The molecule has 0 amide bonds. The van der Waals surface area contributed by atoms with Gasteiger partial charge in [0.25, 0.3) is 0 Å². The van der Waals surface area contributed by atoms with Gasteiger partial charge in [-0.15, -0.1) is 0 Å². The molecule has 2 aromatic rings. The molecule has 3 atom stereocenters. The van der Waals surface area contributed by atoms with Gasteiger partial charge in [-0.2, -0.15) is 0 Å². The number of benzene rings is 2. The summed E-state index contributed by atoms with van der Waals surface area (Å²) in [6.07, 6.45) is 7.84. The van der Waals surface area contributed by atoms with Crippen molar-refractivity contribution < 1.29 is 19.1 Å². The topological polar surface area (TPSA) is 46.5 Å². The van der Waals surface area contributed by atoms with Gasteiger partial charge in [0.05, 0.1) is 25.7 Å². The Morgan fingerprint density at radius 2 is 1.56 bits per heavy atom. The van der Waals surface area contributed by atoms with Crippen LogP contribution in [-0.2, 0) is 22.5 Å². The minimum atomic E-state index is -0.597. The van der Waals surface area contributed by atoms with E-state index in [-0.39, 0.29) is 18.7 Å². The zero-order chi connectivity index (χ0) is 24.1. The second-order valence-corrected chi connectivity index (χ2v) is 10.8. The molecule has 0 saturated carbocycles. The lowest BCUT2D eigenvalue weighted by molar-refractivity contribution is -0.961. The lowest BCUT2D eigenvalue weighted by atomic mass is 9.93. The zero-order valence-electron chi connectivity index (χ0n) is 21.2. The first kappa shape index (κ1) is 24.9. The molecule has 2 bridgehead atoms. The number of aliphatic hydroxyl groups is 1. The third kappa shape index (κ3) is 5.39. The Kier molecular flexibility index (Phi) is 8.10. The first-order chi connectivity index (χ1) is 16.5. The van der Waals surface area contributed by atoms with Gasteiger partial charge in [-0.25, -0.2) is 0 Å². The first-order valence-electron chi connectivity index (χ1n) is 13.3. The van der Waals surface area contributed by atoms with Crippen LogP contribution in [0.15, 0.2) is 54.6 Å². The molecule has 4 rings (SSSR count). The smallest absolute Gasteiger partial charge is 0.316 e. The molecule has 1 N–H and O–H groups in total. The molecule has 0 aliphatic carbocycles. The van der Waals surface area contributed by atoms with Gasteiger partial charge in [0, 0.05) is 31.2 Å². The van der Waals surface area contributed by atoms with E-state index in [9.17, 15) is 9.90 Å². The molecule has 2 saturated heterocycles. The van der Waals surface area contributed by atoms with E-state index in [1.807, 2.05) is 30.3 Å². The highest BCUT2D eigenvalue weighted by Gasteiger charge is 2.52. The molecule has 0 radical (unpaired) electrons. The molecule has 0 aromatic heterocycles. The molecule has 4 heteroatoms. The summed E-state index contributed by atoms with van der Waals surface area (Å²) in [6, 6.07) is 19.8. The van der Waals surface area contributed by atoms with Crippen molar-refractivity contribution in [2.75, 3.05) is 13.7 Å². The fourth-order valence-corrected chi connectivity index (χ4v) is 6.38. The van der Waals surface area contributed by atoms with Crippen LogP contribution in [0.1, 0.15) is 75.0 Å². The maximum Gasteiger partial charge on any atom is 0.316 e. The van der Waals surface area contributed by atoms with E-state index >= 15 is 0 Å². The third-order valence-electron chi connectivity index (χ3n) is 8.75. The normalized spacial score (nSPS) is 27.0. The second kappa shape index (κ2) is 11.0. The van der Waals surface area contributed by atoms with Crippen molar-refractivity contribution in [1.29, 1.82) is 0 Å². The summed E-state index contributed by atoms with van der Waals surface area (Å²) in [5.41, 5.74) is 3.68. The molecule has 2 heterocycles. The van der Waals surface area contributed by atoms with E-state index in [0.29, 0.717) is 12.1 Å². The van der Waals surface area contributed by atoms with Crippen molar-refractivity contribution >= 4 is 5.97 Å². The van der Waals surface area contributed by atoms with Crippen molar-refractivity contribution in [3.05, 3.63) is 71.3 Å². The SMILES string of the molecule is CCC(CC)Cc1ccc(C[N+]2(C)C3CCC2CC(OC(=O)C(CO)c2ccccc2)C3)cc1.